The van der Waals surface area contributed by atoms with Gasteiger partial charge in [-0.05, 0) is 6.07 Å². The predicted molar refractivity (Wildman–Crippen MR) is 62.1 cm³/mol. The molecule has 0 saturated carbocycles. The van der Waals surface area contributed by atoms with Gasteiger partial charge in [0.15, 0.2) is 5.78 Å². The van der Waals surface area contributed by atoms with Crippen molar-refractivity contribution in [3.05, 3.63) is 48.2 Å². The summed E-state index contributed by atoms with van der Waals surface area (Å²) in [5.41, 5.74) is 2.33. The zero-order valence-electron chi connectivity index (χ0n) is 9.05. The molecular weight excluding hydrogens is 200 g/mol. The van der Waals surface area contributed by atoms with Crippen LogP contribution in [0.5, 0.6) is 0 Å². The lowest BCUT2D eigenvalue weighted by molar-refractivity contribution is 0.0987. The third kappa shape index (κ3) is 2.14. The van der Waals surface area contributed by atoms with E-state index in [9.17, 15) is 4.79 Å². The lowest BCUT2D eigenvalue weighted by atomic mass is 10.1. The zero-order valence-corrected chi connectivity index (χ0v) is 9.05. The first kappa shape index (κ1) is 10.5. The molecule has 1 heterocycles. The number of carbonyl (C=O) groups is 1. The molecule has 0 amide bonds. The first-order valence-electron chi connectivity index (χ1n) is 5.22. The summed E-state index contributed by atoms with van der Waals surface area (Å²) in [5, 5.41) is 7.88. The second-order valence-corrected chi connectivity index (χ2v) is 3.47. The second kappa shape index (κ2) is 4.66. The van der Waals surface area contributed by atoms with E-state index in [4.69, 9.17) is 0 Å². The molecule has 16 heavy (non-hydrogen) atoms. The molecule has 0 atom stereocenters. The summed E-state index contributed by atoms with van der Waals surface area (Å²) in [6.07, 6.45) is 2.00. The lowest BCUT2D eigenvalue weighted by Gasteiger charge is -2.01. The van der Waals surface area contributed by atoms with E-state index < -0.39 is 0 Å². The molecule has 0 aliphatic carbocycles. The molecule has 1 aromatic carbocycles. The number of ketones is 1. The Labute approximate surface area is 94.2 Å². The second-order valence-electron chi connectivity index (χ2n) is 3.47. The monoisotopic (exact) mass is 212 g/mol. The third-order valence-corrected chi connectivity index (χ3v) is 2.37. The molecule has 0 spiro atoms. The fourth-order valence-corrected chi connectivity index (χ4v) is 1.47. The minimum atomic E-state index is 0.0899. The maximum absolute atomic E-state index is 11.5. The van der Waals surface area contributed by atoms with E-state index in [0.717, 1.165) is 11.3 Å². The van der Waals surface area contributed by atoms with Crippen LogP contribution in [0.25, 0.3) is 11.3 Å². The Morgan fingerprint density at radius 2 is 2.00 bits per heavy atom. The van der Waals surface area contributed by atoms with Crippen LogP contribution in [0.4, 0.5) is 0 Å². The highest BCUT2D eigenvalue weighted by Gasteiger charge is 2.06. The highest BCUT2D eigenvalue weighted by molar-refractivity contribution is 5.96. The largest absolute Gasteiger partial charge is 0.294 e. The van der Waals surface area contributed by atoms with Gasteiger partial charge < -0.3 is 0 Å². The van der Waals surface area contributed by atoms with Crippen molar-refractivity contribution in [2.75, 3.05) is 0 Å². The van der Waals surface area contributed by atoms with Gasteiger partial charge in [-0.15, -0.1) is 0 Å². The minimum Gasteiger partial charge on any atom is -0.294 e. The molecule has 0 N–H and O–H groups in total. The minimum absolute atomic E-state index is 0.0899. The number of benzene rings is 1. The van der Waals surface area contributed by atoms with Crippen LogP contribution in [0.15, 0.2) is 42.6 Å². The zero-order chi connectivity index (χ0) is 11.4. The van der Waals surface area contributed by atoms with E-state index in [1.165, 1.54) is 6.20 Å². The first-order valence-corrected chi connectivity index (χ1v) is 5.22. The van der Waals surface area contributed by atoms with Crippen molar-refractivity contribution in [1.29, 1.82) is 0 Å². The first-order chi connectivity index (χ1) is 7.81. The standard InChI is InChI=1S/C13H12N2O/c1-2-13(16)11-8-12(15-14-9-11)10-6-4-3-5-7-10/h3-9H,2H2,1H3. The normalized spacial score (nSPS) is 10.1. The van der Waals surface area contributed by atoms with Crippen molar-refractivity contribution < 1.29 is 4.79 Å². The number of rotatable bonds is 3. The topological polar surface area (TPSA) is 42.9 Å². The van der Waals surface area contributed by atoms with Gasteiger partial charge >= 0.3 is 0 Å². The SMILES string of the molecule is CCC(=O)c1cnnc(-c2ccccc2)c1. The van der Waals surface area contributed by atoms with Gasteiger partial charge in [-0.3, -0.25) is 4.79 Å². The van der Waals surface area contributed by atoms with Crippen molar-refractivity contribution in [2.24, 2.45) is 0 Å². The van der Waals surface area contributed by atoms with Crippen LogP contribution in [-0.2, 0) is 0 Å². The van der Waals surface area contributed by atoms with Gasteiger partial charge in [-0.2, -0.15) is 10.2 Å². The maximum Gasteiger partial charge on any atom is 0.164 e. The molecule has 0 bridgehead atoms. The van der Waals surface area contributed by atoms with Gasteiger partial charge in [0.2, 0.25) is 0 Å². The van der Waals surface area contributed by atoms with Crippen molar-refractivity contribution in [2.45, 2.75) is 13.3 Å². The summed E-state index contributed by atoms with van der Waals surface area (Å²) in [6, 6.07) is 11.5. The molecule has 0 saturated heterocycles. The average molecular weight is 212 g/mol. The quantitative estimate of drug-likeness (QED) is 0.735. The van der Waals surface area contributed by atoms with Crippen LogP contribution in [0.3, 0.4) is 0 Å². The molecule has 2 aromatic rings. The molecule has 80 valence electrons. The summed E-state index contributed by atoms with van der Waals surface area (Å²) < 4.78 is 0. The smallest absolute Gasteiger partial charge is 0.164 e. The van der Waals surface area contributed by atoms with E-state index >= 15 is 0 Å². The summed E-state index contributed by atoms with van der Waals surface area (Å²) in [4.78, 5) is 11.5. The number of hydrogen-bond donors (Lipinski definition) is 0. The van der Waals surface area contributed by atoms with E-state index in [2.05, 4.69) is 10.2 Å². The van der Waals surface area contributed by atoms with Crippen LogP contribution in [0.2, 0.25) is 0 Å². The Balaban J connectivity index is 2.40. The van der Waals surface area contributed by atoms with E-state index in [0.29, 0.717) is 12.0 Å². The van der Waals surface area contributed by atoms with Crippen molar-refractivity contribution in [1.82, 2.24) is 10.2 Å². The van der Waals surface area contributed by atoms with Crippen LogP contribution < -0.4 is 0 Å². The van der Waals surface area contributed by atoms with E-state index in [1.54, 1.807) is 6.07 Å². The Morgan fingerprint density at radius 3 is 2.69 bits per heavy atom. The van der Waals surface area contributed by atoms with Gasteiger partial charge in [0.05, 0.1) is 11.9 Å². The molecule has 0 aliphatic rings. The molecule has 3 nitrogen and oxygen atoms in total. The molecule has 0 fully saturated rings. The molecule has 2 rings (SSSR count). The van der Waals surface area contributed by atoms with Crippen LogP contribution in [-0.4, -0.2) is 16.0 Å². The van der Waals surface area contributed by atoms with Gasteiger partial charge in [-0.1, -0.05) is 37.3 Å². The summed E-state index contributed by atoms with van der Waals surface area (Å²) in [7, 11) is 0. The Kier molecular flexibility index (Phi) is 3.05. The molecule has 0 aliphatic heterocycles. The van der Waals surface area contributed by atoms with Crippen molar-refractivity contribution >= 4 is 5.78 Å². The van der Waals surface area contributed by atoms with Crippen molar-refractivity contribution in [3.63, 3.8) is 0 Å². The third-order valence-electron chi connectivity index (χ3n) is 2.37. The summed E-state index contributed by atoms with van der Waals surface area (Å²) >= 11 is 0. The fourth-order valence-electron chi connectivity index (χ4n) is 1.47. The van der Waals surface area contributed by atoms with Crippen LogP contribution in [0, 0.1) is 0 Å². The van der Waals surface area contributed by atoms with Gasteiger partial charge in [0, 0.05) is 17.5 Å². The number of aromatic nitrogens is 2. The highest BCUT2D eigenvalue weighted by Crippen LogP contribution is 2.16. The predicted octanol–water partition coefficient (Wildman–Crippen LogP) is 2.74. The highest BCUT2D eigenvalue weighted by atomic mass is 16.1. The van der Waals surface area contributed by atoms with E-state index in [1.807, 2.05) is 37.3 Å². The summed E-state index contributed by atoms with van der Waals surface area (Å²) in [6.45, 7) is 1.84. The van der Waals surface area contributed by atoms with Gasteiger partial charge in [0.25, 0.3) is 0 Å². The number of nitrogens with zero attached hydrogens (tertiary/aromatic N) is 2. The Morgan fingerprint density at radius 1 is 1.25 bits per heavy atom. The van der Waals surface area contributed by atoms with Gasteiger partial charge in [-0.25, -0.2) is 0 Å². The summed E-state index contributed by atoms with van der Waals surface area (Å²) in [5.74, 6) is 0.0899. The maximum atomic E-state index is 11.5. The number of Topliss-reactive ketones (excluding diaryl/α,β-unsaturated/α-hetero) is 1. The number of carbonyl (C=O) groups excluding carboxylic acids is 1. The average Bonchev–Trinajstić information content (AvgIpc) is 2.39. The van der Waals surface area contributed by atoms with Crippen LogP contribution in [0.1, 0.15) is 23.7 Å². The fraction of sp³-hybridized carbons (Fsp3) is 0.154. The van der Waals surface area contributed by atoms with Gasteiger partial charge in [0.1, 0.15) is 0 Å². The molecule has 3 heteroatoms. The van der Waals surface area contributed by atoms with Crippen molar-refractivity contribution in [3.8, 4) is 11.3 Å². The molecule has 1 aromatic heterocycles. The Hall–Kier alpha value is -2.03. The molecular formula is C13H12N2O. The molecule has 0 unspecified atom stereocenters. The lowest BCUT2D eigenvalue weighted by Crippen LogP contribution is -1.99. The van der Waals surface area contributed by atoms with E-state index in [-0.39, 0.29) is 5.78 Å². The molecule has 0 radical (unpaired) electrons. The van der Waals surface area contributed by atoms with Crippen LogP contribution >= 0.6 is 0 Å². The Bertz CT molecular complexity index is 494. The number of hydrogen-bond acceptors (Lipinski definition) is 3.